The van der Waals surface area contributed by atoms with Crippen molar-refractivity contribution in [2.45, 2.75) is 20.8 Å². The molecule has 2 heterocycles. The molecule has 4 rings (SSSR count). The molecule has 28 heavy (non-hydrogen) atoms. The van der Waals surface area contributed by atoms with Crippen LogP contribution in [0, 0.1) is 13.8 Å². The van der Waals surface area contributed by atoms with Gasteiger partial charge >= 0.3 is 5.97 Å². The summed E-state index contributed by atoms with van der Waals surface area (Å²) >= 11 is 0. The highest BCUT2D eigenvalue weighted by Crippen LogP contribution is 2.28. The van der Waals surface area contributed by atoms with Gasteiger partial charge in [-0.3, -0.25) is 0 Å². The van der Waals surface area contributed by atoms with Crippen LogP contribution in [0.25, 0.3) is 28.2 Å². The lowest BCUT2D eigenvalue weighted by Gasteiger charge is -2.11. The van der Waals surface area contributed by atoms with Crippen molar-refractivity contribution in [3.8, 4) is 22.5 Å². The molecule has 0 N–H and O–H groups in total. The molecule has 0 fully saturated rings. The largest absolute Gasteiger partial charge is 0.462 e. The van der Waals surface area contributed by atoms with Crippen LogP contribution < -0.4 is 0 Å². The van der Waals surface area contributed by atoms with Crippen molar-refractivity contribution in [2.24, 2.45) is 0 Å². The zero-order valence-electron chi connectivity index (χ0n) is 16.1. The Morgan fingerprint density at radius 3 is 2.18 bits per heavy atom. The Labute approximate surface area is 163 Å². The van der Waals surface area contributed by atoms with Gasteiger partial charge in [0.1, 0.15) is 5.56 Å². The van der Waals surface area contributed by atoms with E-state index in [-0.39, 0.29) is 0 Å². The summed E-state index contributed by atoms with van der Waals surface area (Å²) in [6.07, 6.45) is 1.57. The lowest BCUT2D eigenvalue weighted by Crippen LogP contribution is -2.11. The van der Waals surface area contributed by atoms with E-state index in [4.69, 9.17) is 9.84 Å². The van der Waals surface area contributed by atoms with Gasteiger partial charge in [0.15, 0.2) is 5.65 Å². The highest BCUT2D eigenvalue weighted by Gasteiger charge is 2.20. The van der Waals surface area contributed by atoms with Crippen molar-refractivity contribution < 1.29 is 9.53 Å². The van der Waals surface area contributed by atoms with E-state index in [2.05, 4.69) is 24.0 Å². The molecule has 140 valence electrons. The Morgan fingerprint density at radius 2 is 1.57 bits per heavy atom. The van der Waals surface area contributed by atoms with Crippen molar-refractivity contribution in [3.63, 3.8) is 0 Å². The number of fused-ring (bicyclic) bond motifs is 1. The third-order valence-electron chi connectivity index (χ3n) is 4.65. The smallest absolute Gasteiger partial charge is 0.341 e. The van der Waals surface area contributed by atoms with Crippen LogP contribution in [0.4, 0.5) is 0 Å². The molecule has 0 saturated heterocycles. The lowest BCUT2D eigenvalue weighted by molar-refractivity contribution is 0.0526. The fourth-order valence-corrected chi connectivity index (χ4v) is 3.15. The second-order valence-electron chi connectivity index (χ2n) is 6.77. The summed E-state index contributed by atoms with van der Waals surface area (Å²) in [5.41, 5.74) is 6.80. The summed E-state index contributed by atoms with van der Waals surface area (Å²) in [7, 11) is 0. The second kappa shape index (κ2) is 7.27. The van der Waals surface area contributed by atoms with E-state index in [0.29, 0.717) is 23.5 Å². The van der Waals surface area contributed by atoms with Crippen LogP contribution >= 0.6 is 0 Å². The minimum absolute atomic E-state index is 0.304. The van der Waals surface area contributed by atoms with Crippen molar-refractivity contribution >= 4 is 11.6 Å². The average molecular weight is 371 g/mol. The van der Waals surface area contributed by atoms with Crippen LogP contribution in [0.15, 0.2) is 60.8 Å². The van der Waals surface area contributed by atoms with Crippen molar-refractivity contribution in [1.82, 2.24) is 14.6 Å². The van der Waals surface area contributed by atoms with Gasteiger partial charge in [0.05, 0.1) is 18.0 Å². The maximum absolute atomic E-state index is 12.6. The number of hydrogen-bond acceptors (Lipinski definition) is 4. The second-order valence-corrected chi connectivity index (χ2v) is 6.77. The molecular weight excluding hydrogens is 350 g/mol. The molecule has 5 nitrogen and oxygen atoms in total. The van der Waals surface area contributed by atoms with Gasteiger partial charge in [0, 0.05) is 23.4 Å². The van der Waals surface area contributed by atoms with Crippen LogP contribution in [0.2, 0.25) is 0 Å². The molecule has 0 amide bonds. The Hall–Kier alpha value is -3.47. The molecule has 2 aromatic heterocycles. The standard InChI is InChI=1S/C23H21N3O2/c1-4-28-23(27)19-14-24-21-13-20(17-9-5-15(2)6-10-17)25-26(21)22(19)18-11-7-16(3)8-12-18/h5-14H,4H2,1-3H3. The van der Waals surface area contributed by atoms with Crippen molar-refractivity contribution in [2.75, 3.05) is 6.61 Å². The number of ether oxygens (including phenoxy) is 1. The zero-order chi connectivity index (χ0) is 19.7. The van der Waals surface area contributed by atoms with E-state index in [9.17, 15) is 4.79 Å². The van der Waals surface area contributed by atoms with Crippen LogP contribution in [0.5, 0.6) is 0 Å². The molecule has 0 atom stereocenters. The van der Waals surface area contributed by atoms with Gasteiger partial charge < -0.3 is 4.74 Å². The first kappa shape index (κ1) is 17.9. The molecule has 5 heteroatoms. The number of esters is 1. The topological polar surface area (TPSA) is 56.5 Å². The number of carbonyl (C=O) groups is 1. The minimum atomic E-state index is -0.403. The van der Waals surface area contributed by atoms with Gasteiger partial charge in [-0.25, -0.2) is 14.3 Å². The molecule has 0 spiro atoms. The number of carbonyl (C=O) groups excluding carboxylic acids is 1. The molecule has 2 aromatic carbocycles. The number of aromatic nitrogens is 3. The van der Waals surface area contributed by atoms with E-state index >= 15 is 0 Å². The summed E-state index contributed by atoms with van der Waals surface area (Å²) in [6, 6.07) is 18.1. The fourth-order valence-electron chi connectivity index (χ4n) is 3.15. The Balaban J connectivity index is 1.94. The number of aryl methyl sites for hydroxylation is 2. The third kappa shape index (κ3) is 3.27. The van der Waals surface area contributed by atoms with Gasteiger partial charge in [0.2, 0.25) is 0 Å². The van der Waals surface area contributed by atoms with E-state index in [1.54, 1.807) is 17.6 Å². The van der Waals surface area contributed by atoms with Gasteiger partial charge in [-0.05, 0) is 20.8 Å². The predicted molar refractivity (Wildman–Crippen MR) is 109 cm³/mol. The number of hydrogen-bond donors (Lipinski definition) is 0. The van der Waals surface area contributed by atoms with Crippen LogP contribution in [-0.2, 0) is 4.74 Å². The molecule has 0 saturated carbocycles. The van der Waals surface area contributed by atoms with Gasteiger partial charge in [-0.1, -0.05) is 59.7 Å². The van der Waals surface area contributed by atoms with E-state index in [1.165, 1.54) is 5.56 Å². The molecular formula is C23H21N3O2. The predicted octanol–water partition coefficient (Wildman–Crippen LogP) is 4.86. The van der Waals surface area contributed by atoms with Crippen molar-refractivity contribution in [1.29, 1.82) is 0 Å². The highest BCUT2D eigenvalue weighted by molar-refractivity contribution is 5.96. The maximum atomic E-state index is 12.6. The first-order valence-electron chi connectivity index (χ1n) is 9.27. The zero-order valence-corrected chi connectivity index (χ0v) is 16.1. The number of benzene rings is 2. The van der Waals surface area contributed by atoms with Crippen LogP contribution in [0.1, 0.15) is 28.4 Å². The first-order chi connectivity index (χ1) is 13.6. The molecule has 0 aliphatic heterocycles. The van der Waals surface area contributed by atoms with E-state index in [0.717, 1.165) is 22.4 Å². The molecule has 0 aliphatic rings. The van der Waals surface area contributed by atoms with E-state index in [1.807, 2.05) is 49.4 Å². The average Bonchev–Trinajstić information content (AvgIpc) is 3.13. The summed E-state index contributed by atoms with van der Waals surface area (Å²) in [5.74, 6) is -0.403. The molecule has 0 aliphatic carbocycles. The molecule has 0 radical (unpaired) electrons. The third-order valence-corrected chi connectivity index (χ3v) is 4.65. The van der Waals surface area contributed by atoms with E-state index < -0.39 is 5.97 Å². The quantitative estimate of drug-likeness (QED) is 0.481. The number of rotatable bonds is 4. The summed E-state index contributed by atoms with van der Waals surface area (Å²) in [5, 5.41) is 4.76. The Bertz CT molecular complexity index is 1140. The monoisotopic (exact) mass is 371 g/mol. The SMILES string of the molecule is CCOC(=O)c1cnc2cc(-c3ccc(C)cc3)nn2c1-c1ccc(C)cc1. The van der Waals surface area contributed by atoms with Crippen LogP contribution in [-0.4, -0.2) is 27.2 Å². The Kier molecular flexibility index (Phi) is 4.65. The number of nitrogens with zero attached hydrogens (tertiary/aromatic N) is 3. The first-order valence-corrected chi connectivity index (χ1v) is 9.27. The summed E-state index contributed by atoms with van der Waals surface area (Å²) < 4.78 is 6.98. The summed E-state index contributed by atoms with van der Waals surface area (Å²) in [4.78, 5) is 17.0. The van der Waals surface area contributed by atoms with Gasteiger partial charge in [0.25, 0.3) is 0 Å². The van der Waals surface area contributed by atoms with Crippen molar-refractivity contribution in [3.05, 3.63) is 77.5 Å². The van der Waals surface area contributed by atoms with Crippen LogP contribution in [0.3, 0.4) is 0 Å². The fraction of sp³-hybridized carbons (Fsp3) is 0.174. The lowest BCUT2D eigenvalue weighted by atomic mass is 10.1. The normalized spacial score (nSPS) is 11.0. The highest BCUT2D eigenvalue weighted by atomic mass is 16.5. The summed E-state index contributed by atoms with van der Waals surface area (Å²) in [6.45, 7) is 6.18. The van der Waals surface area contributed by atoms with Gasteiger partial charge in [-0.15, -0.1) is 0 Å². The maximum Gasteiger partial charge on any atom is 0.341 e. The van der Waals surface area contributed by atoms with Gasteiger partial charge in [-0.2, -0.15) is 5.10 Å². The molecule has 4 aromatic rings. The molecule has 0 unspecified atom stereocenters. The minimum Gasteiger partial charge on any atom is -0.462 e. The molecule has 0 bridgehead atoms. The Morgan fingerprint density at radius 1 is 0.964 bits per heavy atom.